The van der Waals surface area contributed by atoms with Crippen molar-refractivity contribution in [1.29, 1.82) is 5.26 Å². The van der Waals surface area contributed by atoms with Crippen LogP contribution in [0.15, 0.2) is 18.2 Å². The molecule has 0 radical (unpaired) electrons. The van der Waals surface area contributed by atoms with Crippen LogP contribution in [0.3, 0.4) is 0 Å². The number of hydrogen-bond acceptors (Lipinski definition) is 5. The molecular weight excluding hydrogens is 258 g/mol. The molecule has 106 valence electrons. The van der Waals surface area contributed by atoms with E-state index in [2.05, 4.69) is 5.32 Å². The summed E-state index contributed by atoms with van der Waals surface area (Å²) in [7, 11) is 0. The molecule has 0 amide bonds. The fraction of sp³-hybridized carbons (Fsp3) is 0.500. The van der Waals surface area contributed by atoms with E-state index in [1.807, 2.05) is 6.07 Å². The van der Waals surface area contributed by atoms with Gasteiger partial charge in [0, 0.05) is 12.5 Å². The monoisotopic (exact) mass is 275 g/mol. The molecule has 1 fully saturated rings. The van der Waals surface area contributed by atoms with Gasteiger partial charge in [-0.15, -0.1) is 0 Å². The van der Waals surface area contributed by atoms with Gasteiger partial charge >= 0.3 is 5.69 Å². The average Bonchev–Trinajstić information content (AvgIpc) is 2.45. The third-order valence-corrected chi connectivity index (χ3v) is 3.76. The molecule has 2 unspecified atom stereocenters. The lowest BCUT2D eigenvalue weighted by Crippen LogP contribution is -2.30. The number of aliphatic hydroxyl groups is 1. The van der Waals surface area contributed by atoms with Gasteiger partial charge in [-0.05, 0) is 25.0 Å². The molecule has 20 heavy (non-hydrogen) atoms. The van der Waals surface area contributed by atoms with Crippen molar-refractivity contribution in [1.82, 2.24) is 0 Å². The van der Waals surface area contributed by atoms with Crippen LogP contribution in [-0.4, -0.2) is 22.7 Å². The third kappa shape index (κ3) is 3.06. The molecule has 6 heteroatoms. The summed E-state index contributed by atoms with van der Waals surface area (Å²) in [5.41, 5.74) is 0.191. The minimum absolute atomic E-state index is 0.0455. The average molecular weight is 275 g/mol. The van der Waals surface area contributed by atoms with Crippen LogP contribution in [0.2, 0.25) is 0 Å². The molecule has 0 saturated heterocycles. The molecular formula is C14H17N3O3. The summed E-state index contributed by atoms with van der Waals surface area (Å²) in [5.74, 6) is 0.106. The zero-order valence-electron chi connectivity index (χ0n) is 11.1. The number of rotatable bonds is 4. The third-order valence-electron chi connectivity index (χ3n) is 3.76. The Hall–Kier alpha value is -2.13. The molecule has 0 aromatic heterocycles. The maximum atomic E-state index is 11.1. The quantitative estimate of drug-likeness (QED) is 0.649. The SMILES string of the molecule is N#Cc1cccc(NCC2CCCCC2O)c1[N+](=O)[O-]. The molecule has 2 rings (SSSR count). The van der Waals surface area contributed by atoms with E-state index in [4.69, 9.17) is 5.26 Å². The molecule has 2 atom stereocenters. The van der Waals surface area contributed by atoms with Gasteiger partial charge in [-0.2, -0.15) is 5.26 Å². The molecule has 1 aromatic rings. The Balaban J connectivity index is 2.13. The molecule has 1 aromatic carbocycles. The predicted molar refractivity (Wildman–Crippen MR) is 74.3 cm³/mol. The Morgan fingerprint density at radius 3 is 2.85 bits per heavy atom. The Bertz CT molecular complexity index is 539. The molecule has 6 nitrogen and oxygen atoms in total. The largest absolute Gasteiger partial charge is 0.393 e. The molecule has 1 aliphatic carbocycles. The second-order valence-electron chi connectivity index (χ2n) is 5.06. The first-order valence-corrected chi connectivity index (χ1v) is 6.73. The number of nitrogens with zero attached hydrogens (tertiary/aromatic N) is 2. The van der Waals surface area contributed by atoms with Gasteiger partial charge < -0.3 is 10.4 Å². The van der Waals surface area contributed by atoms with Gasteiger partial charge in [-0.25, -0.2) is 0 Å². The van der Waals surface area contributed by atoms with E-state index < -0.39 is 4.92 Å². The second-order valence-corrected chi connectivity index (χ2v) is 5.06. The second kappa shape index (κ2) is 6.35. The van der Waals surface area contributed by atoms with E-state index in [1.54, 1.807) is 12.1 Å². The van der Waals surface area contributed by atoms with Gasteiger partial charge in [0.2, 0.25) is 0 Å². The molecule has 2 N–H and O–H groups in total. The van der Waals surface area contributed by atoms with Crippen LogP contribution in [0.4, 0.5) is 11.4 Å². The number of hydrogen-bond donors (Lipinski definition) is 2. The Morgan fingerprint density at radius 2 is 2.20 bits per heavy atom. The number of nitriles is 1. The van der Waals surface area contributed by atoms with Crippen LogP contribution in [0.1, 0.15) is 31.2 Å². The Morgan fingerprint density at radius 1 is 1.45 bits per heavy atom. The number of nitro benzene ring substituents is 1. The maximum Gasteiger partial charge on any atom is 0.309 e. The van der Waals surface area contributed by atoms with E-state index in [0.717, 1.165) is 25.7 Å². The summed E-state index contributed by atoms with van der Waals surface area (Å²) < 4.78 is 0. The van der Waals surface area contributed by atoms with Crippen molar-refractivity contribution in [2.24, 2.45) is 5.92 Å². The highest BCUT2D eigenvalue weighted by atomic mass is 16.6. The van der Waals surface area contributed by atoms with Crippen molar-refractivity contribution in [3.8, 4) is 6.07 Å². The Kier molecular flexibility index (Phi) is 4.53. The zero-order valence-corrected chi connectivity index (χ0v) is 11.1. The van der Waals surface area contributed by atoms with Crippen LogP contribution in [-0.2, 0) is 0 Å². The van der Waals surface area contributed by atoms with Crippen molar-refractivity contribution in [3.63, 3.8) is 0 Å². The summed E-state index contributed by atoms with van der Waals surface area (Å²) in [6.07, 6.45) is 3.45. The van der Waals surface area contributed by atoms with Gasteiger partial charge in [0.05, 0.1) is 11.0 Å². The highest BCUT2D eigenvalue weighted by Crippen LogP contribution is 2.30. The molecule has 0 spiro atoms. The minimum atomic E-state index is -0.543. The van der Waals surface area contributed by atoms with Crippen molar-refractivity contribution < 1.29 is 10.0 Å². The molecule has 0 bridgehead atoms. The highest BCUT2D eigenvalue weighted by molar-refractivity contribution is 5.68. The molecule has 1 aliphatic rings. The highest BCUT2D eigenvalue weighted by Gasteiger charge is 2.25. The van der Waals surface area contributed by atoms with E-state index >= 15 is 0 Å². The number of para-hydroxylation sites is 1. The van der Waals surface area contributed by atoms with Crippen LogP contribution in [0, 0.1) is 27.4 Å². The lowest BCUT2D eigenvalue weighted by molar-refractivity contribution is -0.384. The summed E-state index contributed by atoms with van der Waals surface area (Å²) in [4.78, 5) is 10.5. The molecule has 1 saturated carbocycles. The van der Waals surface area contributed by atoms with Gasteiger partial charge in [-0.3, -0.25) is 10.1 Å². The van der Waals surface area contributed by atoms with Gasteiger partial charge in [0.15, 0.2) is 0 Å². The fourth-order valence-corrected chi connectivity index (χ4v) is 2.64. The zero-order chi connectivity index (χ0) is 14.5. The van der Waals surface area contributed by atoms with E-state index in [1.165, 1.54) is 6.07 Å². The van der Waals surface area contributed by atoms with Crippen LogP contribution in [0.25, 0.3) is 0 Å². The number of benzene rings is 1. The van der Waals surface area contributed by atoms with E-state index in [9.17, 15) is 15.2 Å². The summed E-state index contributed by atoms with van der Waals surface area (Å²) in [6.45, 7) is 0.483. The van der Waals surface area contributed by atoms with Gasteiger partial charge in [0.1, 0.15) is 17.3 Å². The lowest BCUT2D eigenvalue weighted by Gasteiger charge is -2.27. The summed E-state index contributed by atoms with van der Waals surface area (Å²) in [5, 5.41) is 32.9. The standard InChI is InChI=1S/C14H17N3O3/c15-8-10-5-3-6-12(14(10)17(19)20)16-9-11-4-1-2-7-13(11)18/h3,5-6,11,13,16,18H,1-2,4,7,9H2. The minimum Gasteiger partial charge on any atom is -0.393 e. The van der Waals surface area contributed by atoms with Crippen molar-refractivity contribution in [2.45, 2.75) is 31.8 Å². The van der Waals surface area contributed by atoms with Crippen molar-refractivity contribution in [2.75, 3.05) is 11.9 Å². The lowest BCUT2D eigenvalue weighted by atomic mass is 9.86. The predicted octanol–water partition coefficient (Wildman–Crippen LogP) is 2.43. The molecule has 0 aliphatic heterocycles. The summed E-state index contributed by atoms with van der Waals surface area (Å²) in [6, 6.07) is 6.47. The summed E-state index contributed by atoms with van der Waals surface area (Å²) >= 11 is 0. The maximum absolute atomic E-state index is 11.1. The number of aliphatic hydroxyl groups excluding tert-OH is 1. The first-order valence-electron chi connectivity index (χ1n) is 6.73. The molecule has 0 heterocycles. The number of anilines is 1. The Labute approximate surface area is 117 Å². The van der Waals surface area contributed by atoms with Crippen LogP contribution in [0.5, 0.6) is 0 Å². The van der Waals surface area contributed by atoms with Crippen molar-refractivity contribution in [3.05, 3.63) is 33.9 Å². The number of nitrogens with one attached hydrogen (secondary N) is 1. The first kappa shape index (κ1) is 14.3. The smallest absolute Gasteiger partial charge is 0.309 e. The topological polar surface area (TPSA) is 99.2 Å². The number of nitro groups is 1. The van der Waals surface area contributed by atoms with Gasteiger partial charge in [-0.1, -0.05) is 18.9 Å². The fourth-order valence-electron chi connectivity index (χ4n) is 2.64. The van der Waals surface area contributed by atoms with E-state index in [0.29, 0.717) is 12.2 Å². The van der Waals surface area contributed by atoms with Crippen LogP contribution >= 0.6 is 0 Å². The van der Waals surface area contributed by atoms with Crippen LogP contribution < -0.4 is 5.32 Å². The van der Waals surface area contributed by atoms with E-state index in [-0.39, 0.29) is 23.3 Å². The normalized spacial score (nSPS) is 22.0. The van der Waals surface area contributed by atoms with Crippen molar-refractivity contribution >= 4 is 11.4 Å². The first-order chi connectivity index (χ1) is 9.63. The van der Waals surface area contributed by atoms with Gasteiger partial charge in [0.25, 0.3) is 0 Å².